The fourth-order valence-electron chi connectivity index (χ4n) is 6.27. The van der Waals surface area contributed by atoms with Crippen molar-refractivity contribution in [1.29, 1.82) is 0 Å². The second kappa shape index (κ2) is 7.63. The van der Waals surface area contributed by atoms with Crippen LogP contribution in [0.1, 0.15) is 56.7 Å². The normalized spacial score (nSPS) is 29.3. The first-order chi connectivity index (χ1) is 14.9. The van der Waals surface area contributed by atoms with Gasteiger partial charge >= 0.3 is 0 Å². The van der Waals surface area contributed by atoms with Crippen LogP contribution in [0.5, 0.6) is 0 Å². The number of pyridine rings is 1. The number of amides is 1. The molecule has 0 unspecified atom stereocenters. The number of hydrogen-bond donors (Lipinski definition) is 0. The Hall–Kier alpha value is -2.40. The van der Waals surface area contributed by atoms with Crippen LogP contribution < -0.4 is 5.56 Å². The third-order valence-electron chi connectivity index (χ3n) is 7.55. The van der Waals surface area contributed by atoms with E-state index in [0.29, 0.717) is 25.5 Å². The topological polar surface area (TPSA) is 51.5 Å². The molecule has 5 heteroatoms. The number of ether oxygens (including phenoxy) is 1. The van der Waals surface area contributed by atoms with Crippen LogP contribution in [0.15, 0.2) is 53.3 Å². The van der Waals surface area contributed by atoms with Crippen molar-refractivity contribution in [2.45, 2.75) is 63.0 Å². The molecule has 2 aromatic rings. The Morgan fingerprint density at radius 3 is 2.65 bits per heavy atom. The first-order valence-electron chi connectivity index (χ1n) is 11.5. The molecule has 0 radical (unpaired) electrons. The molecule has 1 aromatic carbocycles. The maximum absolute atomic E-state index is 13.7. The van der Waals surface area contributed by atoms with Crippen molar-refractivity contribution in [3.8, 4) is 0 Å². The summed E-state index contributed by atoms with van der Waals surface area (Å²) in [7, 11) is 0. The Kier molecular flexibility index (Phi) is 5.04. The molecule has 5 nitrogen and oxygen atoms in total. The van der Waals surface area contributed by atoms with Crippen molar-refractivity contribution in [3.63, 3.8) is 0 Å². The van der Waals surface area contributed by atoms with Gasteiger partial charge in [-0.3, -0.25) is 9.59 Å². The van der Waals surface area contributed by atoms with Gasteiger partial charge in [-0.05, 0) is 50.7 Å². The molecule has 2 bridgehead atoms. The van der Waals surface area contributed by atoms with Crippen LogP contribution in [0, 0.1) is 5.92 Å². The highest BCUT2D eigenvalue weighted by molar-refractivity contribution is 5.78. The summed E-state index contributed by atoms with van der Waals surface area (Å²) >= 11 is 0. The second-order valence-corrected chi connectivity index (χ2v) is 10.4. The summed E-state index contributed by atoms with van der Waals surface area (Å²) in [5, 5.41) is 0. The first kappa shape index (κ1) is 20.5. The number of likely N-dealkylation sites (tertiary alicyclic amines) is 1. The zero-order valence-electron chi connectivity index (χ0n) is 18.5. The van der Waals surface area contributed by atoms with E-state index < -0.39 is 0 Å². The van der Waals surface area contributed by atoms with Crippen molar-refractivity contribution >= 4 is 5.91 Å². The van der Waals surface area contributed by atoms with E-state index in [1.807, 2.05) is 16.7 Å². The zero-order valence-corrected chi connectivity index (χ0v) is 18.5. The van der Waals surface area contributed by atoms with Crippen LogP contribution >= 0.6 is 0 Å². The fraction of sp³-hybridized carbons (Fsp3) is 0.538. The second-order valence-electron chi connectivity index (χ2n) is 10.4. The summed E-state index contributed by atoms with van der Waals surface area (Å²) in [4.78, 5) is 28.1. The largest absolute Gasteiger partial charge is 0.376 e. The number of aromatic nitrogens is 1. The molecule has 4 heterocycles. The van der Waals surface area contributed by atoms with Gasteiger partial charge in [0.05, 0.1) is 5.60 Å². The number of rotatable bonds is 3. The molecule has 3 aliphatic rings. The monoisotopic (exact) mass is 420 g/mol. The summed E-state index contributed by atoms with van der Waals surface area (Å²) in [5.74, 6) is 0.848. The van der Waals surface area contributed by atoms with E-state index in [1.54, 1.807) is 6.07 Å². The van der Waals surface area contributed by atoms with Crippen LogP contribution in [0.2, 0.25) is 0 Å². The van der Waals surface area contributed by atoms with Gasteiger partial charge in [-0.1, -0.05) is 36.4 Å². The summed E-state index contributed by atoms with van der Waals surface area (Å²) in [6.07, 6.45) is 3.29. The number of nitrogens with zero attached hydrogens (tertiary/aromatic N) is 2. The summed E-state index contributed by atoms with van der Waals surface area (Å²) in [5.41, 5.74) is 1.98. The predicted molar refractivity (Wildman–Crippen MR) is 120 cm³/mol. The van der Waals surface area contributed by atoms with E-state index in [4.69, 9.17) is 4.74 Å². The molecule has 3 atom stereocenters. The number of carbonyl (C=O) groups excluding carboxylic acids is 1. The molecular weight excluding hydrogens is 388 g/mol. The third-order valence-corrected chi connectivity index (χ3v) is 7.55. The molecule has 31 heavy (non-hydrogen) atoms. The van der Waals surface area contributed by atoms with Gasteiger partial charge in [-0.25, -0.2) is 0 Å². The van der Waals surface area contributed by atoms with Gasteiger partial charge in [0, 0.05) is 55.8 Å². The van der Waals surface area contributed by atoms with Gasteiger partial charge in [0.25, 0.3) is 5.56 Å². The van der Waals surface area contributed by atoms with E-state index in [9.17, 15) is 9.59 Å². The van der Waals surface area contributed by atoms with Crippen LogP contribution in [0.25, 0.3) is 0 Å². The maximum atomic E-state index is 13.7. The molecular formula is C26H32N2O3. The zero-order chi connectivity index (χ0) is 21.6. The average Bonchev–Trinajstić information content (AvgIpc) is 2.74. The minimum Gasteiger partial charge on any atom is -0.376 e. The lowest BCUT2D eigenvalue weighted by Crippen LogP contribution is -2.52. The minimum absolute atomic E-state index is 0.0828. The smallest absolute Gasteiger partial charge is 0.250 e. The third kappa shape index (κ3) is 3.84. The molecule has 1 aromatic heterocycles. The maximum Gasteiger partial charge on any atom is 0.250 e. The van der Waals surface area contributed by atoms with Crippen LogP contribution in [-0.2, 0) is 21.5 Å². The van der Waals surface area contributed by atoms with Crippen LogP contribution in [0.4, 0.5) is 0 Å². The van der Waals surface area contributed by atoms with Gasteiger partial charge in [0.15, 0.2) is 0 Å². The summed E-state index contributed by atoms with van der Waals surface area (Å²) < 4.78 is 7.95. The Labute approximate surface area is 184 Å². The van der Waals surface area contributed by atoms with E-state index in [0.717, 1.165) is 38.0 Å². The van der Waals surface area contributed by atoms with Crippen molar-refractivity contribution in [1.82, 2.24) is 9.47 Å². The Morgan fingerprint density at radius 2 is 1.87 bits per heavy atom. The highest BCUT2D eigenvalue weighted by atomic mass is 16.5. The van der Waals surface area contributed by atoms with Gasteiger partial charge in [0.2, 0.25) is 5.91 Å². The van der Waals surface area contributed by atoms with Crippen molar-refractivity contribution in [2.75, 3.05) is 19.7 Å². The number of carbonyl (C=O) groups is 1. The highest BCUT2D eigenvalue weighted by Crippen LogP contribution is 2.45. The molecule has 3 aliphatic heterocycles. The van der Waals surface area contributed by atoms with E-state index in [-0.39, 0.29) is 28.4 Å². The Bertz CT molecular complexity index is 1030. The number of fused-ring (bicyclic) bond motifs is 4. The number of piperidine rings is 1. The van der Waals surface area contributed by atoms with Crippen molar-refractivity contribution in [2.24, 2.45) is 5.92 Å². The predicted octanol–water partition coefficient (Wildman–Crippen LogP) is 3.71. The molecule has 5 rings (SSSR count). The van der Waals surface area contributed by atoms with Crippen molar-refractivity contribution < 1.29 is 9.53 Å². The van der Waals surface area contributed by atoms with Crippen molar-refractivity contribution in [3.05, 3.63) is 70.1 Å². The van der Waals surface area contributed by atoms with Gasteiger partial charge in [0.1, 0.15) is 0 Å². The summed E-state index contributed by atoms with van der Waals surface area (Å²) in [6.45, 7) is 7.13. The quantitative estimate of drug-likeness (QED) is 0.761. The molecule has 0 aliphatic carbocycles. The Balaban J connectivity index is 1.40. The van der Waals surface area contributed by atoms with Gasteiger partial charge < -0.3 is 14.2 Å². The molecule has 164 valence electrons. The van der Waals surface area contributed by atoms with Gasteiger partial charge in [-0.15, -0.1) is 0 Å². The molecule has 1 amide bonds. The molecule has 2 fully saturated rings. The lowest BCUT2D eigenvalue weighted by Gasteiger charge is -2.47. The lowest BCUT2D eigenvalue weighted by atomic mass is 9.67. The molecule has 0 spiro atoms. The Morgan fingerprint density at radius 1 is 1.06 bits per heavy atom. The first-order valence-corrected chi connectivity index (χ1v) is 11.5. The van der Waals surface area contributed by atoms with E-state index >= 15 is 0 Å². The van der Waals surface area contributed by atoms with Crippen LogP contribution in [0.3, 0.4) is 0 Å². The highest BCUT2D eigenvalue weighted by Gasteiger charge is 2.45. The standard InChI is InChI=1S/C26H32N2O3/c1-25(2)18-26(11-12-31-25,21-7-4-3-5-8-21)14-24(30)27-15-19-13-20(17-27)22-9-6-10-23(29)28(22)16-19/h3-10,19-20H,11-18H2,1-2H3/t19-,20-,26+/m0/s1. The number of hydrogen-bond acceptors (Lipinski definition) is 3. The molecule has 0 N–H and O–H groups in total. The summed E-state index contributed by atoms with van der Waals surface area (Å²) in [6, 6.07) is 16.1. The molecule has 2 saturated heterocycles. The fourth-order valence-corrected chi connectivity index (χ4v) is 6.27. The van der Waals surface area contributed by atoms with E-state index in [2.05, 4.69) is 49.1 Å². The minimum atomic E-state index is -0.243. The number of benzene rings is 1. The lowest BCUT2D eigenvalue weighted by molar-refractivity contribution is -0.139. The average molecular weight is 421 g/mol. The SMILES string of the molecule is CC1(C)C[C@@](CC(=O)N2C[C@@H]3C[C@@H](C2)c2cccc(=O)n2C3)(c2ccccc2)CCO1. The van der Waals surface area contributed by atoms with Crippen LogP contribution in [-0.4, -0.2) is 40.7 Å². The molecule has 0 saturated carbocycles. The van der Waals surface area contributed by atoms with Gasteiger partial charge in [-0.2, -0.15) is 0 Å². The van der Waals surface area contributed by atoms with E-state index in [1.165, 1.54) is 5.56 Å².